The van der Waals surface area contributed by atoms with E-state index in [1.165, 1.54) is 6.07 Å². The molecule has 5 nitrogen and oxygen atoms in total. The van der Waals surface area contributed by atoms with Crippen LogP contribution in [-0.4, -0.2) is 23.5 Å². The molecule has 0 aliphatic heterocycles. The molecule has 0 aromatic heterocycles. The van der Waals surface area contributed by atoms with Crippen LogP contribution in [-0.2, 0) is 10.2 Å². The fourth-order valence-electron chi connectivity index (χ4n) is 2.16. The third kappa shape index (κ3) is 4.59. The predicted molar refractivity (Wildman–Crippen MR) is 94.2 cm³/mol. The molecule has 2 aromatic rings. The Kier molecular flexibility index (Phi) is 5.24. The van der Waals surface area contributed by atoms with Crippen molar-refractivity contribution in [3.8, 4) is 5.75 Å². The highest BCUT2D eigenvalue weighted by molar-refractivity contribution is 5.99. The molecule has 0 atom stereocenters. The highest BCUT2D eigenvalue weighted by Crippen LogP contribution is 2.22. The van der Waals surface area contributed by atoms with Crippen LogP contribution in [0.15, 0.2) is 48.5 Å². The van der Waals surface area contributed by atoms with E-state index >= 15 is 0 Å². The molecular formula is C19H22N2O3. The highest BCUT2D eigenvalue weighted by Gasteiger charge is 2.14. The fraction of sp³-hybridized carbons (Fsp3) is 0.263. The number of phenolic OH excluding ortho intramolecular Hbond substituents is 1. The standard InChI is InChI=1S/C19H22N2O3/c1-19(2,3)14-10-8-13(9-11-14)18(24)20-12-17(23)21-15-6-4-5-7-16(15)22/h4-11,22H,12H2,1-3H3,(H,20,24)(H,21,23). The number of phenols is 1. The molecule has 0 spiro atoms. The van der Waals surface area contributed by atoms with Gasteiger partial charge in [0.2, 0.25) is 5.91 Å². The van der Waals surface area contributed by atoms with Gasteiger partial charge in [-0.15, -0.1) is 0 Å². The lowest BCUT2D eigenvalue weighted by molar-refractivity contribution is -0.115. The minimum absolute atomic E-state index is 0.0186. The Morgan fingerprint density at radius 2 is 1.62 bits per heavy atom. The molecule has 2 rings (SSSR count). The molecule has 0 saturated heterocycles. The zero-order chi connectivity index (χ0) is 17.7. The summed E-state index contributed by atoms with van der Waals surface area (Å²) in [5.41, 5.74) is 1.97. The number of carbonyl (C=O) groups is 2. The fourth-order valence-corrected chi connectivity index (χ4v) is 2.16. The molecule has 0 unspecified atom stereocenters. The summed E-state index contributed by atoms with van der Waals surface area (Å²) in [6, 6.07) is 13.7. The number of amides is 2. The second-order valence-corrected chi connectivity index (χ2v) is 6.58. The quantitative estimate of drug-likeness (QED) is 0.756. The Morgan fingerprint density at radius 3 is 2.21 bits per heavy atom. The summed E-state index contributed by atoms with van der Waals surface area (Å²) < 4.78 is 0. The molecule has 0 saturated carbocycles. The molecule has 5 heteroatoms. The number of benzene rings is 2. The van der Waals surface area contributed by atoms with Crippen LogP contribution in [0.4, 0.5) is 5.69 Å². The number of nitrogens with one attached hydrogen (secondary N) is 2. The van der Waals surface area contributed by atoms with Gasteiger partial charge in [-0.2, -0.15) is 0 Å². The molecule has 3 N–H and O–H groups in total. The van der Waals surface area contributed by atoms with E-state index in [2.05, 4.69) is 31.4 Å². The lowest BCUT2D eigenvalue weighted by Gasteiger charge is -2.19. The average molecular weight is 326 g/mol. The van der Waals surface area contributed by atoms with Crippen molar-refractivity contribution in [2.45, 2.75) is 26.2 Å². The van der Waals surface area contributed by atoms with Crippen molar-refractivity contribution in [3.05, 3.63) is 59.7 Å². The maximum atomic E-state index is 12.1. The monoisotopic (exact) mass is 326 g/mol. The van der Waals surface area contributed by atoms with Gasteiger partial charge in [0.25, 0.3) is 5.91 Å². The Balaban J connectivity index is 1.91. The number of carbonyl (C=O) groups excluding carboxylic acids is 2. The number of hydrogen-bond donors (Lipinski definition) is 3. The van der Waals surface area contributed by atoms with E-state index in [1.807, 2.05) is 12.1 Å². The number of rotatable bonds is 4. The molecule has 2 aromatic carbocycles. The van der Waals surface area contributed by atoms with Crippen LogP contribution in [0.5, 0.6) is 5.75 Å². The van der Waals surface area contributed by atoms with Gasteiger partial charge >= 0.3 is 0 Å². The van der Waals surface area contributed by atoms with Gasteiger partial charge in [-0.1, -0.05) is 45.0 Å². The first-order valence-corrected chi connectivity index (χ1v) is 7.74. The normalized spacial score (nSPS) is 11.0. The summed E-state index contributed by atoms with van der Waals surface area (Å²) in [6.45, 7) is 6.14. The van der Waals surface area contributed by atoms with E-state index < -0.39 is 5.91 Å². The smallest absolute Gasteiger partial charge is 0.251 e. The first kappa shape index (κ1) is 17.5. The number of aromatic hydroxyl groups is 1. The molecule has 0 heterocycles. The minimum Gasteiger partial charge on any atom is -0.506 e. The van der Waals surface area contributed by atoms with Crippen molar-refractivity contribution in [2.75, 3.05) is 11.9 Å². The Labute approximate surface area is 141 Å². The molecule has 0 aliphatic carbocycles. The number of para-hydroxylation sites is 2. The van der Waals surface area contributed by atoms with Crippen molar-refractivity contribution >= 4 is 17.5 Å². The van der Waals surface area contributed by atoms with Gasteiger partial charge in [-0.25, -0.2) is 0 Å². The molecule has 2 amide bonds. The summed E-state index contributed by atoms with van der Waals surface area (Å²) in [7, 11) is 0. The minimum atomic E-state index is -0.406. The van der Waals surface area contributed by atoms with Crippen LogP contribution in [0.3, 0.4) is 0 Å². The van der Waals surface area contributed by atoms with Crippen molar-refractivity contribution in [1.82, 2.24) is 5.32 Å². The molecule has 0 radical (unpaired) electrons. The zero-order valence-electron chi connectivity index (χ0n) is 14.1. The van der Waals surface area contributed by atoms with Crippen molar-refractivity contribution in [3.63, 3.8) is 0 Å². The molecule has 126 valence electrons. The second-order valence-electron chi connectivity index (χ2n) is 6.58. The largest absolute Gasteiger partial charge is 0.506 e. The summed E-state index contributed by atoms with van der Waals surface area (Å²) in [5.74, 6) is -0.742. The molecule has 0 aliphatic rings. The van der Waals surface area contributed by atoms with Gasteiger partial charge in [0, 0.05) is 5.56 Å². The molecule has 0 bridgehead atoms. The summed E-state index contributed by atoms with van der Waals surface area (Å²) in [4.78, 5) is 23.9. The van der Waals surface area contributed by atoms with Crippen LogP contribution in [0.25, 0.3) is 0 Å². The van der Waals surface area contributed by atoms with Gasteiger partial charge in [-0.3, -0.25) is 9.59 Å². The number of hydrogen-bond acceptors (Lipinski definition) is 3. The van der Waals surface area contributed by atoms with Crippen molar-refractivity contribution in [2.24, 2.45) is 0 Å². The molecular weight excluding hydrogens is 304 g/mol. The van der Waals surface area contributed by atoms with E-state index in [0.29, 0.717) is 11.3 Å². The summed E-state index contributed by atoms with van der Waals surface area (Å²) >= 11 is 0. The second kappa shape index (κ2) is 7.17. The predicted octanol–water partition coefficient (Wildman–Crippen LogP) is 3.06. The Hall–Kier alpha value is -2.82. The maximum absolute atomic E-state index is 12.1. The first-order chi connectivity index (χ1) is 11.3. The van der Waals surface area contributed by atoms with Crippen LogP contribution in [0, 0.1) is 0 Å². The lowest BCUT2D eigenvalue weighted by atomic mass is 9.87. The van der Waals surface area contributed by atoms with Gasteiger partial charge < -0.3 is 15.7 Å². The van der Waals surface area contributed by atoms with E-state index in [1.54, 1.807) is 30.3 Å². The Morgan fingerprint density at radius 1 is 1.00 bits per heavy atom. The average Bonchev–Trinajstić information content (AvgIpc) is 2.54. The van der Waals surface area contributed by atoms with Gasteiger partial charge in [0.05, 0.1) is 12.2 Å². The van der Waals surface area contributed by atoms with Crippen molar-refractivity contribution in [1.29, 1.82) is 0 Å². The van der Waals surface area contributed by atoms with Crippen LogP contribution < -0.4 is 10.6 Å². The maximum Gasteiger partial charge on any atom is 0.251 e. The zero-order valence-corrected chi connectivity index (χ0v) is 14.1. The van der Waals surface area contributed by atoms with Crippen LogP contribution >= 0.6 is 0 Å². The number of anilines is 1. The van der Waals surface area contributed by atoms with E-state index in [4.69, 9.17) is 0 Å². The molecule has 0 fully saturated rings. The van der Waals surface area contributed by atoms with Gasteiger partial charge in [-0.05, 0) is 35.2 Å². The van der Waals surface area contributed by atoms with E-state index in [9.17, 15) is 14.7 Å². The Bertz CT molecular complexity index is 731. The lowest BCUT2D eigenvalue weighted by Crippen LogP contribution is -2.32. The third-order valence-electron chi connectivity index (χ3n) is 3.60. The third-order valence-corrected chi connectivity index (χ3v) is 3.60. The summed E-state index contributed by atoms with van der Waals surface area (Å²) in [6.07, 6.45) is 0. The highest BCUT2D eigenvalue weighted by atomic mass is 16.3. The van der Waals surface area contributed by atoms with E-state index in [-0.39, 0.29) is 23.6 Å². The van der Waals surface area contributed by atoms with E-state index in [0.717, 1.165) is 5.56 Å². The van der Waals surface area contributed by atoms with Crippen LogP contribution in [0.2, 0.25) is 0 Å². The summed E-state index contributed by atoms with van der Waals surface area (Å²) in [5, 5.41) is 14.7. The molecule has 24 heavy (non-hydrogen) atoms. The SMILES string of the molecule is CC(C)(C)c1ccc(C(=O)NCC(=O)Nc2ccccc2O)cc1. The van der Waals surface area contributed by atoms with Gasteiger partial charge in [0.15, 0.2) is 0 Å². The van der Waals surface area contributed by atoms with Crippen LogP contribution in [0.1, 0.15) is 36.7 Å². The topological polar surface area (TPSA) is 78.4 Å². The van der Waals surface area contributed by atoms with Crippen molar-refractivity contribution < 1.29 is 14.7 Å². The van der Waals surface area contributed by atoms with Gasteiger partial charge in [0.1, 0.15) is 5.75 Å². The first-order valence-electron chi connectivity index (χ1n) is 7.74.